The van der Waals surface area contributed by atoms with Crippen molar-refractivity contribution in [3.63, 3.8) is 0 Å². The van der Waals surface area contributed by atoms with Crippen LogP contribution in [0.3, 0.4) is 0 Å². The van der Waals surface area contributed by atoms with Crippen LogP contribution in [0.2, 0.25) is 18.1 Å². The summed E-state index contributed by atoms with van der Waals surface area (Å²) in [6.45, 7) is 12.2. The first-order valence-corrected chi connectivity index (χ1v) is 11.7. The molecule has 0 rings (SSSR count). The summed E-state index contributed by atoms with van der Waals surface area (Å²) >= 11 is 0. The van der Waals surface area contributed by atoms with Gasteiger partial charge >= 0.3 is 6.18 Å². The normalized spacial score (nSPS) is 13.9. The van der Waals surface area contributed by atoms with Crippen molar-refractivity contribution in [2.24, 2.45) is 0 Å². The molecular formula is C18H35F3OSi. The standard InChI is InChI=1S/C18H35F3OSi/c1-17(2,3)23(4,5)22-16-14-12-10-8-6-7-9-11-13-15-18(19,20)21/h11,13H,6-10,12,14-16H2,1-5H3/b13-11+. The van der Waals surface area contributed by atoms with Crippen LogP contribution in [0.1, 0.15) is 72.1 Å². The summed E-state index contributed by atoms with van der Waals surface area (Å²) in [6, 6.07) is 0. The van der Waals surface area contributed by atoms with Gasteiger partial charge in [0.05, 0.1) is 6.42 Å². The fourth-order valence-electron chi connectivity index (χ4n) is 1.95. The largest absolute Gasteiger partial charge is 0.417 e. The topological polar surface area (TPSA) is 9.23 Å². The first-order valence-electron chi connectivity index (χ1n) is 8.81. The van der Waals surface area contributed by atoms with Crippen LogP contribution in [0, 0.1) is 0 Å². The van der Waals surface area contributed by atoms with Gasteiger partial charge in [0, 0.05) is 6.61 Å². The predicted molar refractivity (Wildman–Crippen MR) is 95.3 cm³/mol. The number of halogens is 3. The maximum absolute atomic E-state index is 11.9. The first-order chi connectivity index (χ1) is 10.5. The summed E-state index contributed by atoms with van der Waals surface area (Å²) in [7, 11) is -1.60. The lowest BCUT2D eigenvalue weighted by molar-refractivity contribution is -0.125. The Labute approximate surface area is 141 Å². The van der Waals surface area contributed by atoms with Crippen LogP contribution in [-0.2, 0) is 4.43 Å². The number of alkyl halides is 3. The van der Waals surface area contributed by atoms with Gasteiger partial charge in [-0.2, -0.15) is 13.2 Å². The molecule has 0 heterocycles. The van der Waals surface area contributed by atoms with Crippen LogP contribution in [-0.4, -0.2) is 21.1 Å². The predicted octanol–water partition coefficient (Wildman–Crippen LogP) is 7.25. The van der Waals surface area contributed by atoms with Crippen molar-refractivity contribution in [2.75, 3.05) is 6.61 Å². The lowest BCUT2D eigenvalue weighted by atomic mass is 10.1. The van der Waals surface area contributed by atoms with Crippen LogP contribution >= 0.6 is 0 Å². The first kappa shape index (κ1) is 22.7. The molecule has 0 radical (unpaired) electrons. The molecule has 5 heteroatoms. The van der Waals surface area contributed by atoms with Gasteiger partial charge in [-0.25, -0.2) is 0 Å². The van der Waals surface area contributed by atoms with Gasteiger partial charge in [0.15, 0.2) is 8.32 Å². The van der Waals surface area contributed by atoms with E-state index in [-0.39, 0.29) is 5.04 Å². The van der Waals surface area contributed by atoms with Gasteiger partial charge < -0.3 is 4.43 Å². The smallest absolute Gasteiger partial charge is 0.392 e. The van der Waals surface area contributed by atoms with Crippen molar-refractivity contribution in [3.8, 4) is 0 Å². The van der Waals surface area contributed by atoms with Gasteiger partial charge in [-0.15, -0.1) is 0 Å². The van der Waals surface area contributed by atoms with Gasteiger partial charge in [0.25, 0.3) is 0 Å². The number of rotatable bonds is 11. The molecule has 0 saturated carbocycles. The summed E-state index contributed by atoms with van der Waals surface area (Å²) < 4.78 is 41.9. The zero-order chi connectivity index (χ0) is 18.0. The molecule has 23 heavy (non-hydrogen) atoms. The summed E-state index contributed by atoms with van der Waals surface area (Å²) in [4.78, 5) is 0. The number of allylic oxidation sites excluding steroid dienone is 2. The molecule has 0 aromatic heterocycles. The molecule has 0 saturated heterocycles. The second kappa shape index (κ2) is 10.5. The summed E-state index contributed by atoms with van der Waals surface area (Å²) in [5, 5.41) is 0.270. The SMILES string of the molecule is CC(C)(C)[Si](C)(C)OCCCCCCCC/C=C/CC(F)(F)F. The van der Waals surface area contributed by atoms with E-state index in [1.165, 1.54) is 18.9 Å². The van der Waals surface area contributed by atoms with Gasteiger partial charge in [-0.1, -0.05) is 58.6 Å². The molecule has 0 aromatic rings. The lowest BCUT2D eigenvalue weighted by Crippen LogP contribution is -2.40. The van der Waals surface area contributed by atoms with E-state index in [9.17, 15) is 13.2 Å². The van der Waals surface area contributed by atoms with Gasteiger partial charge in [-0.05, 0) is 37.4 Å². The van der Waals surface area contributed by atoms with E-state index in [2.05, 4.69) is 33.9 Å². The van der Waals surface area contributed by atoms with Gasteiger partial charge in [0.2, 0.25) is 0 Å². The molecule has 0 amide bonds. The average molecular weight is 353 g/mol. The highest BCUT2D eigenvalue weighted by molar-refractivity contribution is 6.74. The summed E-state index contributed by atoms with van der Waals surface area (Å²) in [5.41, 5.74) is 0. The Hall–Kier alpha value is -0.293. The van der Waals surface area contributed by atoms with Crippen LogP contribution in [0.4, 0.5) is 13.2 Å². The van der Waals surface area contributed by atoms with E-state index in [4.69, 9.17) is 4.43 Å². The Morgan fingerprint density at radius 1 is 0.826 bits per heavy atom. The van der Waals surface area contributed by atoms with Crippen molar-refractivity contribution in [3.05, 3.63) is 12.2 Å². The molecule has 0 aliphatic heterocycles. The fourth-order valence-corrected chi connectivity index (χ4v) is 3.04. The Balaban J connectivity index is 3.45. The summed E-state index contributed by atoms with van der Waals surface area (Å²) in [5.74, 6) is 0. The molecule has 0 aliphatic rings. The molecule has 0 unspecified atom stereocenters. The number of hydrogen-bond acceptors (Lipinski definition) is 1. The van der Waals surface area contributed by atoms with E-state index in [1.54, 1.807) is 6.08 Å². The maximum Gasteiger partial charge on any atom is 0.392 e. The highest BCUT2D eigenvalue weighted by atomic mass is 28.4. The average Bonchev–Trinajstić information content (AvgIpc) is 2.37. The Kier molecular flexibility index (Phi) is 10.4. The van der Waals surface area contributed by atoms with E-state index in [1.807, 2.05) is 0 Å². The number of hydrogen-bond donors (Lipinski definition) is 0. The molecular weight excluding hydrogens is 317 g/mol. The third-order valence-electron chi connectivity index (χ3n) is 4.55. The minimum atomic E-state index is -4.07. The van der Waals surface area contributed by atoms with E-state index >= 15 is 0 Å². The van der Waals surface area contributed by atoms with Crippen LogP contribution in [0.15, 0.2) is 12.2 Å². The third kappa shape index (κ3) is 12.8. The zero-order valence-electron chi connectivity index (χ0n) is 15.6. The van der Waals surface area contributed by atoms with Crippen molar-refractivity contribution in [1.82, 2.24) is 0 Å². The Bertz CT molecular complexity index is 330. The van der Waals surface area contributed by atoms with E-state index < -0.39 is 20.9 Å². The second-order valence-electron chi connectivity index (χ2n) is 7.81. The molecule has 0 fully saturated rings. The van der Waals surface area contributed by atoms with Crippen LogP contribution in [0.25, 0.3) is 0 Å². The summed E-state index contributed by atoms with van der Waals surface area (Å²) in [6.07, 6.45) is 5.48. The van der Waals surface area contributed by atoms with Crippen molar-refractivity contribution >= 4 is 8.32 Å². The quantitative estimate of drug-likeness (QED) is 0.216. The number of unbranched alkanes of at least 4 members (excludes halogenated alkanes) is 6. The molecule has 0 spiro atoms. The van der Waals surface area contributed by atoms with Crippen LogP contribution < -0.4 is 0 Å². The molecule has 1 nitrogen and oxygen atoms in total. The minimum absolute atomic E-state index is 0.270. The van der Waals surface area contributed by atoms with Crippen molar-refractivity contribution < 1.29 is 17.6 Å². The molecule has 0 bridgehead atoms. The molecule has 0 atom stereocenters. The molecule has 0 aromatic carbocycles. The minimum Gasteiger partial charge on any atom is -0.417 e. The second-order valence-corrected chi connectivity index (χ2v) is 12.6. The molecule has 138 valence electrons. The van der Waals surface area contributed by atoms with E-state index in [0.29, 0.717) is 0 Å². The van der Waals surface area contributed by atoms with Gasteiger partial charge in [-0.3, -0.25) is 0 Å². The third-order valence-corrected chi connectivity index (χ3v) is 9.09. The van der Waals surface area contributed by atoms with Crippen molar-refractivity contribution in [1.29, 1.82) is 0 Å². The van der Waals surface area contributed by atoms with Crippen LogP contribution in [0.5, 0.6) is 0 Å². The zero-order valence-corrected chi connectivity index (χ0v) is 16.6. The molecule has 0 aliphatic carbocycles. The van der Waals surface area contributed by atoms with Crippen molar-refractivity contribution in [2.45, 2.75) is 96.4 Å². The highest BCUT2D eigenvalue weighted by Gasteiger charge is 2.36. The van der Waals surface area contributed by atoms with E-state index in [0.717, 1.165) is 38.7 Å². The molecule has 0 N–H and O–H groups in total. The highest BCUT2D eigenvalue weighted by Crippen LogP contribution is 2.36. The Morgan fingerprint density at radius 3 is 1.87 bits per heavy atom. The lowest BCUT2D eigenvalue weighted by Gasteiger charge is -2.36. The fraction of sp³-hybridized carbons (Fsp3) is 0.889. The maximum atomic E-state index is 11.9. The van der Waals surface area contributed by atoms with Gasteiger partial charge in [0.1, 0.15) is 0 Å². The Morgan fingerprint density at radius 2 is 1.35 bits per heavy atom. The monoisotopic (exact) mass is 352 g/mol.